The van der Waals surface area contributed by atoms with Gasteiger partial charge in [0.2, 0.25) is 10.0 Å². The first-order chi connectivity index (χ1) is 5.64. The van der Waals surface area contributed by atoms with E-state index in [-0.39, 0.29) is 12.3 Å². The van der Waals surface area contributed by atoms with Gasteiger partial charge in [-0.05, 0) is 6.92 Å². The van der Waals surface area contributed by atoms with Crippen molar-refractivity contribution in [2.75, 3.05) is 5.75 Å². The van der Waals surface area contributed by atoms with Gasteiger partial charge < -0.3 is 0 Å². The Morgan fingerprint density at radius 2 is 2.42 bits per heavy atom. The number of hydrogen-bond acceptors (Lipinski definition) is 4. The minimum atomic E-state index is -3.13. The maximum atomic E-state index is 10.9. The van der Waals surface area contributed by atoms with Gasteiger partial charge in [0.05, 0.1) is 12.3 Å². The van der Waals surface area contributed by atoms with Crippen molar-refractivity contribution >= 4 is 10.0 Å². The molecule has 0 amide bonds. The summed E-state index contributed by atoms with van der Waals surface area (Å²) < 4.78 is 24.2. The number of nitrogens with one attached hydrogen (secondary N) is 2. The maximum Gasteiger partial charge on any atom is 0.211 e. The summed E-state index contributed by atoms with van der Waals surface area (Å²) in [5, 5.41) is 6.12. The summed E-state index contributed by atoms with van der Waals surface area (Å²) >= 11 is 0. The third-order valence-electron chi connectivity index (χ3n) is 1.30. The second-order valence-corrected chi connectivity index (χ2v) is 4.25. The van der Waals surface area contributed by atoms with E-state index in [0.717, 1.165) is 0 Å². The Hall–Kier alpha value is -0.950. The quantitative estimate of drug-likeness (QED) is 0.653. The van der Waals surface area contributed by atoms with Crippen LogP contribution >= 0.6 is 0 Å². The summed E-state index contributed by atoms with van der Waals surface area (Å²) in [6.07, 6.45) is 1.33. The van der Waals surface area contributed by atoms with Gasteiger partial charge in [0.15, 0.2) is 0 Å². The number of hydrogen-bond donors (Lipinski definition) is 2. The second kappa shape index (κ2) is 3.63. The average molecular weight is 190 g/mol. The van der Waals surface area contributed by atoms with Crippen LogP contribution < -0.4 is 4.72 Å². The molecule has 0 radical (unpaired) electrons. The molecule has 6 nitrogen and oxygen atoms in total. The molecule has 1 aromatic heterocycles. The van der Waals surface area contributed by atoms with Crippen molar-refractivity contribution in [1.82, 2.24) is 19.9 Å². The Labute approximate surface area is 70.5 Å². The van der Waals surface area contributed by atoms with Crippen LogP contribution in [0, 0.1) is 0 Å². The fourth-order valence-corrected chi connectivity index (χ4v) is 1.16. The zero-order valence-electron chi connectivity index (χ0n) is 6.61. The minimum Gasteiger partial charge on any atom is -0.262 e. The molecule has 12 heavy (non-hydrogen) atoms. The highest BCUT2D eigenvalue weighted by atomic mass is 32.2. The minimum absolute atomic E-state index is 0.0706. The molecule has 68 valence electrons. The molecule has 7 heteroatoms. The van der Waals surface area contributed by atoms with Crippen LogP contribution in [0.25, 0.3) is 0 Å². The van der Waals surface area contributed by atoms with E-state index in [4.69, 9.17) is 0 Å². The van der Waals surface area contributed by atoms with Crippen LogP contribution in [0.3, 0.4) is 0 Å². The average Bonchev–Trinajstić information content (AvgIpc) is 2.53. The van der Waals surface area contributed by atoms with E-state index in [1.807, 2.05) is 0 Å². The fraction of sp³-hybridized carbons (Fsp3) is 0.600. The van der Waals surface area contributed by atoms with E-state index in [1.54, 1.807) is 6.92 Å². The predicted molar refractivity (Wildman–Crippen MR) is 42.7 cm³/mol. The summed E-state index contributed by atoms with van der Waals surface area (Å²) in [5.41, 5.74) is 0. The van der Waals surface area contributed by atoms with Crippen molar-refractivity contribution in [3.8, 4) is 0 Å². The van der Waals surface area contributed by atoms with Crippen molar-refractivity contribution in [3.05, 3.63) is 12.2 Å². The molecule has 1 rings (SSSR count). The topological polar surface area (TPSA) is 87.7 Å². The van der Waals surface area contributed by atoms with Crippen LogP contribution in [-0.2, 0) is 16.6 Å². The van der Waals surface area contributed by atoms with Crippen molar-refractivity contribution in [2.24, 2.45) is 0 Å². The molecule has 0 fully saturated rings. The molecule has 0 bridgehead atoms. The predicted octanol–water partition coefficient (Wildman–Crippen LogP) is -0.756. The first-order valence-electron chi connectivity index (χ1n) is 3.45. The van der Waals surface area contributed by atoms with E-state index in [0.29, 0.717) is 5.82 Å². The molecule has 0 spiro atoms. The fourth-order valence-electron chi connectivity index (χ4n) is 0.596. The van der Waals surface area contributed by atoms with Gasteiger partial charge in [-0.15, -0.1) is 0 Å². The molecule has 0 aliphatic carbocycles. The second-order valence-electron chi connectivity index (χ2n) is 2.16. The van der Waals surface area contributed by atoms with Gasteiger partial charge in [0.25, 0.3) is 0 Å². The van der Waals surface area contributed by atoms with Gasteiger partial charge in [-0.2, -0.15) is 5.10 Å². The Morgan fingerprint density at radius 3 is 2.92 bits per heavy atom. The van der Waals surface area contributed by atoms with Crippen molar-refractivity contribution < 1.29 is 8.42 Å². The number of H-pyrrole nitrogens is 1. The van der Waals surface area contributed by atoms with Gasteiger partial charge in [-0.3, -0.25) is 5.10 Å². The number of rotatable bonds is 4. The lowest BCUT2D eigenvalue weighted by atomic mass is 10.6. The third-order valence-corrected chi connectivity index (χ3v) is 2.65. The van der Waals surface area contributed by atoms with Crippen molar-refractivity contribution in [2.45, 2.75) is 13.5 Å². The highest BCUT2D eigenvalue weighted by molar-refractivity contribution is 7.89. The smallest absolute Gasteiger partial charge is 0.211 e. The van der Waals surface area contributed by atoms with Crippen LogP contribution in [0.5, 0.6) is 0 Å². The van der Waals surface area contributed by atoms with Gasteiger partial charge in [-0.1, -0.05) is 0 Å². The van der Waals surface area contributed by atoms with Crippen molar-refractivity contribution in [1.29, 1.82) is 0 Å². The Morgan fingerprint density at radius 1 is 1.67 bits per heavy atom. The zero-order chi connectivity index (χ0) is 9.03. The van der Waals surface area contributed by atoms with Crippen LogP contribution in [-0.4, -0.2) is 29.4 Å². The highest BCUT2D eigenvalue weighted by Gasteiger charge is 2.06. The SMILES string of the molecule is CCS(=O)(=O)NCc1ncn[nH]1. The molecular weight excluding hydrogens is 180 g/mol. The maximum absolute atomic E-state index is 10.9. The van der Waals surface area contributed by atoms with Crippen LogP contribution in [0.15, 0.2) is 6.33 Å². The Kier molecular flexibility index (Phi) is 2.77. The molecular formula is C5H10N4O2S. The molecule has 0 saturated heterocycles. The van der Waals surface area contributed by atoms with E-state index in [2.05, 4.69) is 19.9 Å². The van der Waals surface area contributed by atoms with Crippen LogP contribution in [0.4, 0.5) is 0 Å². The molecule has 0 saturated carbocycles. The summed E-state index contributed by atoms with van der Waals surface area (Å²) in [5.74, 6) is 0.577. The van der Waals surface area contributed by atoms with E-state index >= 15 is 0 Å². The Bertz CT molecular complexity index is 317. The number of aromatic nitrogens is 3. The number of nitrogens with zero attached hydrogens (tertiary/aromatic N) is 2. The summed E-state index contributed by atoms with van der Waals surface area (Å²) in [6, 6.07) is 0. The van der Waals surface area contributed by atoms with E-state index in [9.17, 15) is 8.42 Å². The van der Waals surface area contributed by atoms with Gasteiger partial charge >= 0.3 is 0 Å². The monoisotopic (exact) mass is 190 g/mol. The van der Waals surface area contributed by atoms with Crippen LogP contribution in [0.2, 0.25) is 0 Å². The molecule has 0 unspecified atom stereocenters. The lowest BCUT2D eigenvalue weighted by Crippen LogP contribution is -2.25. The van der Waals surface area contributed by atoms with Crippen molar-refractivity contribution in [3.63, 3.8) is 0 Å². The lowest BCUT2D eigenvalue weighted by molar-refractivity contribution is 0.580. The first kappa shape index (κ1) is 9.14. The molecule has 0 aliphatic rings. The molecule has 1 aromatic rings. The van der Waals surface area contributed by atoms with Crippen LogP contribution in [0.1, 0.15) is 12.7 Å². The molecule has 1 heterocycles. The summed E-state index contributed by atoms with van der Waals surface area (Å²) in [7, 11) is -3.13. The normalized spacial score (nSPS) is 11.8. The summed E-state index contributed by atoms with van der Waals surface area (Å²) in [4.78, 5) is 3.76. The molecule has 0 aliphatic heterocycles. The zero-order valence-corrected chi connectivity index (χ0v) is 7.43. The standard InChI is InChI=1S/C5H10N4O2S/c1-2-12(10,11)8-3-5-6-4-7-9-5/h4,8H,2-3H2,1H3,(H,6,7,9). The number of sulfonamides is 1. The van der Waals surface area contributed by atoms with Gasteiger partial charge in [0, 0.05) is 0 Å². The highest BCUT2D eigenvalue weighted by Crippen LogP contribution is 1.88. The molecule has 2 N–H and O–H groups in total. The number of aromatic amines is 1. The van der Waals surface area contributed by atoms with E-state index in [1.165, 1.54) is 6.33 Å². The molecule has 0 atom stereocenters. The summed E-state index contributed by atoms with van der Waals surface area (Å²) in [6.45, 7) is 1.74. The van der Waals surface area contributed by atoms with E-state index < -0.39 is 10.0 Å². The van der Waals surface area contributed by atoms with Gasteiger partial charge in [0.1, 0.15) is 12.2 Å². The van der Waals surface area contributed by atoms with Gasteiger partial charge in [-0.25, -0.2) is 18.1 Å². The Balaban J connectivity index is 2.47. The largest absolute Gasteiger partial charge is 0.262 e. The lowest BCUT2D eigenvalue weighted by Gasteiger charge is -2.00. The third kappa shape index (κ3) is 2.59. The first-order valence-corrected chi connectivity index (χ1v) is 5.11. The molecule has 0 aromatic carbocycles.